The molecular weight excluding hydrogens is 320 g/mol. The van der Waals surface area contributed by atoms with Gasteiger partial charge in [0.15, 0.2) is 0 Å². The number of carbonyl (C=O) groups excluding carboxylic acids is 1. The molecule has 1 fully saturated rings. The third kappa shape index (κ3) is 5.25. The molecule has 1 amide bonds. The highest BCUT2D eigenvalue weighted by Gasteiger charge is 2.43. The van der Waals surface area contributed by atoms with E-state index >= 15 is 0 Å². The Bertz CT molecular complexity index is 552. The Balaban J connectivity index is 1.95. The standard InChI is InChI=1S/C19H30N2O4/c1-15(2)21(10-11-22)14-19(25)8-9-20(13-17(19)23)18(24)12-16-6-4-3-5-7-16/h3-7,15,17,22-23,25H,8-14H2,1-2H3/t17-,19-/m0/s1. The number of piperidine rings is 1. The van der Waals surface area contributed by atoms with Gasteiger partial charge in [-0.1, -0.05) is 30.3 Å². The number of hydrogen-bond acceptors (Lipinski definition) is 5. The van der Waals surface area contributed by atoms with E-state index in [0.717, 1.165) is 5.56 Å². The summed E-state index contributed by atoms with van der Waals surface area (Å²) in [5.41, 5.74) is -0.320. The van der Waals surface area contributed by atoms with Gasteiger partial charge < -0.3 is 20.2 Å². The summed E-state index contributed by atoms with van der Waals surface area (Å²) in [6.45, 7) is 5.27. The van der Waals surface area contributed by atoms with Crippen molar-refractivity contribution in [3.8, 4) is 0 Å². The fourth-order valence-electron chi connectivity index (χ4n) is 3.26. The lowest BCUT2D eigenvalue weighted by molar-refractivity contribution is -0.154. The number of hydrogen-bond donors (Lipinski definition) is 3. The van der Waals surface area contributed by atoms with Gasteiger partial charge >= 0.3 is 0 Å². The molecule has 1 saturated heterocycles. The fraction of sp³-hybridized carbons (Fsp3) is 0.632. The quantitative estimate of drug-likeness (QED) is 0.657. The van der Waals surface area contributed by atoms with Crippen LogP contribution in [0.2, 0.25) is 0 Å². The van der Waals surface area contributed by atoms with E-state index in [9.17, 15) is 20.1 Å². The van der Waals surface area contributed by atoms with E-state index in [0.29, 0.717) is 25.9 Å². The number of aliphatic hydroxyl groups is 3. The van der Waals surface area contributed by atoms with Gasteiger partial charge in [0.25, 0.3) is 0 Å². The number of rotatable bonds is 7. The smallest absolute Gasteiger partial charge is 0.227 e. The van der Waals surface area contributed by atoms with Crippen molar-refractivity contribution in [1.29, 1.82) is 0 Å². The molecule has 1 aliphatic heterocycles. The highest BCUT2D eigenvalue weighted by atomic mass is 16.3. The van der Waals surface area contributed by atoms with Crippen molar-refractivity contribution in [2.45, 2.75) is 44.4 Å². The van der Waals surface area contributed by atoms with Gasteiger partial charge in [0.1, 0.15) is 11.7 Å². The fourth-order valence-corrected chi connectivity index (χ4v) is 3.26. The van der Waals surface area contributed by atoms with E-state index in [2.05, 4.69) is 0 Å². The van der Waals surface area contributed by atoms with Gasteiger partial charge in [-0.3, -0.25) is 9.69 Å². The second kappa shape index (κ2) is 8.76. The number of aliphatic hydroxyl groups excluding tert-OH is 2. The van der Waals surface area contributed by atoms with Gasteiger partial charge in [0.05, 0.1) is 13.0 Å². The van der Waals surface area contributed by atoms with Crippen LogP contribution in [0.5, 0.6) is 0 Å². The molecule has 0 aromatic heterocycles. The summed E-state index contributed by atoms with van der Waals surface area (Å²) < 4.78 is 0. The molecule has 0 aliphatic carbocycles. The molecule has 1 heterocycles. The van der Waals surface area contributed by atoms with Crippen molar-refractivity contribution in [3.05, 3.63) is 35.9 Å². The molecule has 1 aliphatic rings. The van der Waals surface area contributed by atoms with Gasteiger partial charge in [0.2, 0.25) is 5.91 Å². The molecule has 0 saturated carbocycles. The lowest BCUT2D eigenvalue weighted by Gasteiger charge is -2.45. The van der Waals surface area contributed by atoms with Crippen LogP contribution in [-0.2, 0) is 11.2 Å². The van der Waals surface area contributed by atoms with E-state index < -0.39 is 11.7 Å². The Morgan fingerprint density at radius 2 is 2.04 bits per heavy atom. The van der Waals surface area contributed by atoms with Crippen LogP contribution in [0.15, 0.2) is 30.3 Å². The Kier molecular flexibility index (Phi) is 6.95. The Morgan fingerprint density at radius 3 is 2.60 bits per heavy atom. The number of nitrogens with zero attached hydrogens (tertiary/aromatic N) is 2. The summed E-state index contributed by atoms with van der Waals surface area (Å²) in [5.74, 6) is -0.0385. The molecule has 6 nitrogen and oxygen atoms in total. The lowest BCUT2D eigenvalue weighted by atomic mass is 9.87. The zero-order valence-electron chi connectivity index (χ0n) is 15.1. The normalized spacial score (nSPS) is 24.1. The highest BCUT2D eigenvalue weighted by molar-refractivity contribution is 5.79. The molecule has 3 N–H and O–H groups in total. The highest BCUT2D eigenvalue weighted by Crippen LogP contribution is 2.25. The second-order valence-corrected chi connectivity index (χ2v) is 7.16. The zero-order valence-corrected chi connectivity index (χ0v) is 15.1. The maximum absolute atomic E-state index is 12.4. The molecule has 0 radical (unpaired) electrons. The maximum Gasteiger partial charge on any atom is 0.227 e. The molecular formula is C19H30N2O4. The molecule has 6 heteroatoms. The number of carbonyl (C=O) groups is 1. The minimum absolute atomic E-state index is 0.00599. The van der Waals surface area contributed by atoms with Crippen molar-refractivity contribution >= 4 is 5.91 Å². The van der Waals surface area contributed by atoms with E-state index in [4.69, 9.17) is 0 Å². The lowest BCUT2D eigenvalue weighted by Crippen LogP contribution is -2.62. The molecule has 0 bridgehead atoms. The van der Waals surface area contributed by atoms with Crippen LogP contribution in [0.3, 0.4) is 0 Å². The monoisotopic (exact) mass is 350 g/mol. The van der Waals surface area contributed by atoms with Crippen molar-refractivity contribution in [3.63, 3.8) is 0 Å². The third-order valence-electron chi connectivity index (χ3n) is 4.97. The van der Waals surface area contributed by atoms with Crippen LogP contribution >= 0.6 is 0 Å². The predicted octanol–water partition coefficient (Wildman–Crippen LogP) is 0.256. The maximum atomic E-state index is 12.4. The summed E-state index contributed by atoms with van der Waals surface area (Å²) in [6, 6.07) is 9.67. The Hall–Kier alpha value is -1.47. The van der Waals surface area contributed by atoms with E-state index in [1.807, 2.05) is 49.1 Å². The average molecular weight is 350 g/mol. The number of likely N-dealkylation sites (tertiary alicyclic amines) is 1. The average Bonchev–Trinajstić information content (AvgIpc) is 2.58. The van der Waals surface area contributed by atoms with Crippen molar-refractivity contribution in [2.75, 3.05) is 32.8 Å². The zero-order chi connectivity index (χ0) is 18.4. The van der Waals surface area contributed by atoms with Gasteiger partial charge in [-0.15, -0.1) is 0 Å². The molecule has 1 aromatic carbocycles. The number of β-amino-alcohol motifs (C(OH)–C–C–N with tert-alkyl or cyclic N) is 1. The summed E-state index contributed by atoms with van der Waals surface area (Å²) in [4.78, 5) is 16.0. The molecule has 2 atom stereocenters. The van der Waals surface area contributed by atoms with Crippen LogP contribution in [0.4, 0.5) is 0 Å². The largest absolute Gasteiger partial charge is 0.395 e. The van der Waals surface area contributed by atoms with Gasteiger partial charge in [-0.25, -0.2) is 0 Å². The Labute approximate surface area is 149 Å². The van der Waals surface area contributed by atoms with Crippen LogP contribution in [0, 0.1) is 0 Å². The number of amides is 1. The van der Waals surface area contributed by atoms with Crippen LogP contribution in [0.1, 0.15) is 25.8 Å². The third-order valence-corrected chi connectivity index (χ3v) is 4.97. The van der Waals surface area contributed by atoms with Crippen LogP contribution in [-0.4, -0.2) is 81.6 Å². The molecule has 140 valence electrons. The van der Waals surface area contributed by atoms with E-state index in [1.54, 1.807) is 4.90 Å². The first kappa shape index (κ1) is 19.8. The predicted molar refractivity (Wildman–Crippen MR) is 96.1 cm³/mol. The first-order valence-electron chi connectivity index (χ1n) is 8.93. The summed E-state index contributed by atoms with van der Waals surface area (Å²) in [5, 5.41) is 30.5. The van der Waals surface area contributed by atoms with Crippen molar-refractivity contribution < 1.29 is 20.1 Å². The summed E-state index contributed by atoms with van der Waals surface area (Å²) in [6.07, 6.45) is -0.376. The van der Waals surface area contributed by atoms with E-state index in [-0.39, 0.29) is 31.6 Å². The van der Waals surface area contributed by atoms with E-state index in [1.165, 1.54) is 0 Å². The second-order valence-electron chi connectivity index (χ2n) is 7.16. The Morgan fingerprint density at radius 1 is 1.36 bits per heavy atom. The van der Waals surface area contributed by atoms with Crippen LogP contribution in [0.25, 0.3) is 0 Å². The van der Waals surface area contributed by atoms with Gasteiger partial charge in [-0.2, -0.15) is 0 Å². The summed E-state index contributed by atoms with van der Waals surface area (Å²) in [7, 11) is 0. The number of benzene rings is 1. The first-order valence-corrected chi connectivity index (χ1v) is 8.93. The van der Waals surface area contributed by atoms with Crippen molar-refractivity contribution in [1.82, 2.24) is 9.80 Å². The molecule has 0 unspecified atom stereocenters. The topological polar surface area (TPSA) is 84.2 Å². The van der Waals surface area contributed by atoms with Gasteiger partial charge in [-0.05, 0) is 25.8 Å². The molecule has 2 rings (SSSR count). The summed E-state index contributed by atoms with van der Waals surface area (Å²) >= 11 is 0. The SMILES string of the molecule is CC(C)N(CCO)C[C@@]1(O)CCN(C(=O)Cc2ccccc2)C[C@@H]1O. The van der Waals surface area contributed by atoms with Crippen molar-refractivity contribution in [2.24, 2.45) is 0 Å². The minimum Gasteiger partial charge on any atom is -0.395 e. The first-order chi connectivity index (χ1) is 11.9. The van der Waals surface area contributed by atoms with Crippen LogP contribution < -0.4 is 0 Å². The molecule has 1 aromatic rings. The minimum atomic E-state index is -1.26. The molecule has 25 heavy (non-hydrogen) atoms. The molecule has 0 spiro atoms. The van der Waals surface area contributed by atoms with Gasteiger partial charge in [0, 0.05) is 32.2 Å².